The minimum Gasteiger partial charge on any atom is -0.316 e. The molecular weight excluding hydrogens is 290 g/mol. The van der Waals surface area contributed by atoms with E-state index in [1.807, 2.05) is 0 Å². The topological polar surface area (TPSA) is 4.41 Å². The van der Waals surface area contributed by atoms with Gasteiger partial charge in [-0.3, -0.25) is 0 Å². The Kier molecular flexibility index (Phi) is 2.92. The summed E-state index contributed by atoms with van der Waals surface area (Å²) in [6.45, 7) is 0. The summed E-state index contributed by atoms with van der Waals surface area (Å²) >= 11 is 0. The molecule has 1 aliphatic rings. The molecule has 2 heterocycles. The number of fused-ring (bicyclic) bond motifs is 5. The fourth-order valence-electron chi connectivity index (χ4n) is 3.73. The average Bonchev–Trinajstić information content (AvgIpc) is 2.97. The molecule has 5 rings (SSSR count). The van der Waals surface area contributed by atoms with Crippen LogP contribution in [0.3, 0.4) is 0 Å². The minimum absolute atomic E-state index is 0.988. The quantitative estimate of drug-likeness (QED) is 0.504. The lowest BCUT2D eigenvalue weighted by atomic mass is 10.0. The molecule has 1 aliphatic carbocycles. The third-order valence-corrected chi connectivity index (χ3v) is 4.83. The van der Waals surface area contributed by atoms with Crippen LogP contribution >= 0.6 is 0 Å². The average molecular weight is 307 g/mol. The van der Waals surface area contributed by atoms with Crippen LogP contribution in [0.15, 0.2) is 79.0 Å². The normalized spacial score (nSPS) is 14.1. The van der Waals surface area contributed by atoms with Crippen molar-refractivity contribution in [1.29, 1.82) is 0 Å². The molecule has 2 aromatic heterocycles. The first-order valence-corrected chi connectivity index (χ1v) is 8.36. The van der Waals surface area contributed by atoms with Crippen molar-refractivity contribution < 1.29 is 0 Å². The third kappa shape index (κ3) is 1.95. The Morgan fingerprint density at radius 1 is 0.875 bits per heavy atom. The lowest BCUT2D eigenvalue weighted by Crippen LogP contribution is -2.16. The van der Waals surface area contributed by atoms with Gasteiger partial charge >= 0.3 is 0 Å². The van der Waals surface area contributed by atoms with E-state index in [0.29, 0.717) is 0 Å². The SMILES string of the molecule is C1=CCc2c(ccn3c2c(=Cc2ccccc2)c2ccccc23)=C1. The lowest BCUT2D eigenvalue weighted by Gasteiger charge is -2.07. The molecule has 0 saturated heterocycles. The Morgan fingerprint density at radius 2 is 1.71 bits per heavy atom. The molecule has 2 aromatic carbocycles. The predicted molar refractivity (Wildman–Crippen MR) is 101 cm³/mol. The zero-order chi connectivity index (χ0) is 15.9. The molecule has 4 aromatic rings. The van der Waals surface area contributed by atoms with Crippen molar-refractivity contribution in [2.24, 2.45) is 0 Å². The van der Waals surface area contributed by atoms with E-state index in [-0.39, 0.29) is 0 Å². The number of benzene rings is 2. The number of aromatic nitrogens is 1. The van der Waals surface area contributed by atoms with E-state index in [0.717, 1.165) is 6.42 Å². The Balaban J connectivity index is 2.02. The van der Waals surface area contributed by atoms with Crippen molar-refractivity contribution in [2.75, 3.05) is 0 Å². The molecule has 0 aliphatic heterocycles. The van der Waals surface area contributed by atoms with Gasteiger partial charge in [0.15, 0.2) is 0 Å². The maximum atomic E-state index is 2.34. The van der Waals surface area contributed by atoms with Gasteiger partial charge in [-0.05, 0) is 41.0 Å². The lowest BCUT2D eigenvalue weighted by molar-refractivity contribution is 1.15. The Hall–Kier alpha value is -3.06. The summed E-state index contributed by atoms with van der Waals surface area (Å²) in [7, 11) is 0. The molecule has 0 fully saturated rings. The molecule has 114 valence electrons. The van der Waals surface area contributed by atoms with Gasteiger partial charge in [0.2, 0.25) is 0 Å². The largest absolute Gasteiger partial charge is 0.316 e. The molecule has 0 spiro atoms. The van der Waals surface area contributed by atoms with Crippen molar-refractivity contribution >= 4 is 28.6 Å². The first kappa shape index (κ1) is 13.4. The molecule has 0 radical (unpaired) electrons. The third-order valence-electron chi connectivity index (χ3n) is 4.83. The molecule has 0 N–H and O–H groups in total. The number of hydrogen-bond acceptors (Lipinski definition) is 0. The van der Waals surface area contributed by atoms with Crippen LogP contribution in [0.2, 0.25) is 0 Å². The zero-order valence-corrected chi connectivity index (χ0v) is 13.3. The van der Waals surface area contributed by atoms with Crippen molar-refractivity contribution in [1.82, 2.24) is 4.40 Å². The first-order valence-electron chi connectivity index (χ1n) is 8.36. The van der Waals surface area contributed by atoms with Crippen LogP contribution in [0.25, 0.3) is 28.6 Å². The van der Waals surface area contributed by atoms with E-state index in [2.05, 4.69) is 95.6 Å². The van der Waals surface area contributed by atoms with Gasteiger partial charge in [-0.15, -0.1) is 0 Å². The van der Waals surface area contributed by atoms with Crippen molar-refractivity contribution in [3.05, 3.63) is 101 Å². The van der Waals surface area contributed by atoms with E-state index in [4.69, 9.17) is 0 Å². The summed E-state index contributed by atoms with van der Waals surface area (Å²) < 4.78 is 2.34. The van der Waals surface area contributed by atoms with Gasteiger partial charge in [-0.25, -0.2) is 0 Å². The van der Waals surface area contributed by atoms with E-state index < -0.39 is 0 Å². The summed E-state index contributed by atoms with van der Waals surface area (Å²) in [6, 6.07) is 21.5. The van der Waals surface area contributed by atoms with Gasteiger partial charge in [-0.2, -0.15) is 0 Å². The molecular formula is C23H17N. The molecule has 0 atom stereocenters. The smallest absolute Gasteiger partial charge is 0.0576 e. The molecule has 24 heavy (non-hydrogen) atoms. The second-order valence-corrected chi connectivity index (χ2v) is 6.25. The summed E-state index contributed by atoms with van der Waals surface area (Å²) in [5.41, 5.74) is 5.26. The highest BCUT2D eigenvalue weighted by molar-refractivity contribution is 5.91. The highest BCUT2D eigenvalue weighted by atomic mass is 14.9. The van der Waals surface area contributed by atoms with Crippen molar-refractivity contribution in [3.8, 4) is 0 Å². The van der Waals surface area contributed by atoms with Gasteiger partial charge in [0.1, 0.15) is 0 Å². The number of pyridine rings is 1. The first-order chi connectivity index (χ1) is 11.9. The number of para-hydroxylation sites is 1. The van der Waals surface area contributed by atoms with Gasteiger partial charge in [0, 0.05) is 16.8 Å². The summed E-state index contributed by atoms with van der Waals surface area (Å²) in [5, 5.41) is 3.96. The monoisotopic (exact) mass is 307 g/mol. The van der Waals surface area contributed by atoms with E-state index in [1.54, 1.807) is 0 Å². The fraction of sp³-hybridized carbons (Fsp3) is 0.0435. The van der Waals surface area contributed by atoms with Gasteiger partial charge in [0.05, 0.1) is 11.0 Å². The van der Waals surface area contributed by atoms with Crippen LogP contribution < -0.4 is 10.4 Å². The maximum Gasteiger partial charge on any atom is 0.0576 e. The summed E-state index contributed by atoms with van der Waals surface area (Å²) in [6.07, 6.45) is 12.1. The van der Waals surface area contributed by atoms with Crippen molar-refractivity contribution in [3.63, 3.8) is 0 Å². The van der Waals surface area contributed by atoms with Gasteiger partial charge < -0.3 is 4.40 Å². The van der Waals surface area contributed by atoms with Crippen LogP contribution in [0, 0.1) is 0 Å². The maximum absolute atomic E-state index is 2.34. The highest BCUT2D eigenvalue weighted by Crippen LogP contribution is 2.18. The standard InChI is InChI=1S/C23H17N/c1-2-8-17(9-3-1)16-21-20-12-6-7-13-22(20)24-15-14-18-10-4-5-11-19(18)23(21)24/h1-10,12-16H,11H2. The molecule has 1 heteroatoms. The Bertz CT molecular complexity index is 1210. The van der Waals surface area contributed by atoms with Crippen LogP contribution in [0.4, 0.5) is 0 Å². The highest BCUT2D eigenvalue weighted by Gasteiger charge is 2.11. The Labute approximate surface area is 140 Å². The number of rotatable bonds is 1. The van der Waals surface area contributed by atoms with Gasteiger partial charge in [0.25, 0.3) is 0 Å². The number of hydrogen-bond donors (Lipinski definition) is 0. The predicted octanol–water partition coefficient (Wildman–Crippen LogP) is 3.81. The summed E-state index contributed by atoms with van der Waals surface area (Å²) in [4.78, 5) is 0. The number of allylic oxidation sites excluding steroid dienone is 2. The van der Waals surface area contributed by atoms with Crippen LogP contribution in [-0.2, 0) is 6.42 Å². The molecule has 1 nitrogen and oxygen atoms in total. The van der Waals surface area contributed by atoms with Crippen molar-refractivity contribution in [2.45, 2.75) is 6.42 Å². The number of nitrogens with zero attached hydrogens (tertiary/aromatic N) is 1. The molecule has 0 bridgehead atoms. The van der Waals surface area contributed by atoms with E-state index >= 15 is 0 Å². The van der Waals surface area contributed by atoms with Gasteiger partial charge in [-0.1, -0.05) is 66.8 Å². The minimum atomic E-state index is 0.988. The van der Waals surface area contributed by atoms with Crippen LogP contribution in [-0.4, -0.2) is 4.40 Å². The van der Waals surface area contributed by atoms with E-state index in [9.17, 15) is 0 Å². The molecule has 0 amide bonds. The fourth-order valence-corrected chi connectivity index (χ4v) is 3.73. The van der Waals surface area contributed by atoms with E-state index in [1.165, 1.54) is 38.0 Å². The van der Waals surface area contributed by atoms with Crippen LogP contribution in [0.5, 0.6) is 0 Å². The molecule has 0 unspecified atom stereocenters. The van der Waals surface area contributed by atoms with Crippen LogP contribution in [0.1, 0.15) is 11.1 Å². The zero-order valence-electron chi connectivity index (χ0n) is 13.3. The Morgan fingerprint density at radius 3 is 2.62 bits per heavy atom. The second kappa shape index (κ2) is 5.24. The summed E-state index contributed by atoms with van der Waals surface area (Å²) in [5.74, 6) is 0. The second-order valence-electron chi connectivity index (χ2n) is 6.25. The molecule has 0 saturated carbocycles.